The van der Waals surface area contributed by atoms with Crippen molar-refractivity contribution in [3.8, 4) is 0 Å². The van der Waals surface area contributed by atoms with Gasteiger partial charge >= 0.3 is 0 Å². The summed E-state index contributed by atoms with van der Waals surface area (Å²) in [6, 6.07) is 15.7. The first kappa shape index (κ1) is 12.7. The van der Waals surface area contributed by atoms with Crippen LogP contribution < -0.4 is 0 Å². The molecule has 0 amide bonds. The third-order valence-corrected chi connectivity index (χ3v) is 3.51. The van der Waals surface area contributed by atoms with E-state index in [1.165, 1.54) is 5.56 Å². The van der Waals surface area contributed by atoms with E-state index in [0.717, 1.165) is 17.5 Å². The Labute approximate surface area is 118 Å². The van der Waals surface area contributed by atoms with Gasteiger partial charge in [0.15, 0.2) is 5.78 Å². The molecule has 0 aromatic heterocycles. The Bertz CT molecular complexity index is 666. The van der Waals surface area contributed by atoms with Crippen LogP contribution in [0.2, 0.25) is 0 Å². The SMILES string of the molecule is Cc1ccc(C(=O)/C=C2\OCCc3ccccc32)cc1. The van der Waals surface area contributed by atoms with E-state index in [-0.39, 0.29) is 5.78 Å². The fraction of sp³-hybridized carbons (Fsp3) is 0.167. The molecule has 0 aliphatic carbocycles. The monoisotopic (exact) mass is 264 g/mol. The first-order valence-corrected chi connectivity index (χ1v) is 6.78. The Kier molecular flexibility index (Phi) is 3.38. The Morgan fingerprint density at radius 3 is 2.65 bits per heavy atom. The van der Waals surface area contributed by atoms with Gasteiger partial charge in [-0.2, -0.15) is 0 Å². The van der Waals surface area contributed by atoms with Gasteiger partial charge in [0.25, 0.3) is 0 Å². The molecular weight excluding hydrogens is 248 g/mol. The summed E-state index contributed by atoms with van der Waals surface area (Å²) in [7, 11) is 0. The Morgan fingerprint density at radius 2 is 1.85 bits per heavy atom. The van der Waals surface area contributed by atoms with Crippen LogP contribution in [-0.2, 0) is 11.2 Å². The van der Waals surface area contributed by atoms with Crippen molar-refractivity contribution in [1.29, 1.82) is 0 Å². The van der Waals surface area contributed by atoms with Crippen molar-refractivity contribution in [2.24, 2.45) is 0 Å². The molecule has 0 unspecified atom stereocenters. The lowest BCUT2D eigenvalue weighted by Crippen LogP contribution is -2.10. The van der Waals surface area contributed by atoms with E-state index in [9.17, 15) is 4.79 Å². The molecule has 1 aliphatic heterocycles. The first-order valence-electron chi connectivity index (χ1n) is 6.78. The van der Waals surface area contributed by atoms with E-state index in [2.05, 4.69) is 6.07 Å². The van der Waals surface area contributed by atoms with Crippen molar-refractivity contribution >= 4 is 11.5 Å². The van der Waals surface area contributed by atoms with Crippen LogP contribution in [0.5, 0.6) is 0 Å². The first-order chi connectivity index (χ1) is 9.74. The molecule has 0 spiro atoms. The van der Waals surface area contributed by atoms with Crippen molar-refractivity contribution in [2.75, 3.05) is 6.61 Å². The third-order valence-electron chi connectivity index (χ3n) is 3.51. The quantitative estimate of drug-likeness (QED) is 0.609. The second-order valence-electron chi connectivity index (χ2n) is 4.99. The summed E-state index contributed by atoms with van der Waals surface area (Å²) in [6.45, 7) is 2.64. The zero-order valence-electron chi connectivity index (χ0n) is 11.4. The van der Waals surface area contributed by atoms with E-state index in [0.29, 0.717) is 17.9 Å². The predicted octanol–water partition coefficient (Wildman–Crippen LogP) is 3.79. The van der Waals surface area contributed by atoms with Gasteiger partial charge < -0.3 is 4.74 Å². The largest absolute Gasteiger partial charge is 0.492 e. The minimum Gasteiger partial charge on any atom is -0.492 e. The zero-order valence-corrected chi connectivity index (χ0v) is 11.4. The van der Waals surface area contributed by atoms with Crippen LogP contribution in [-0.4, -0.2) is 12.4 Å². The molecule has 2 aromatic rings. The summed E-state index contributed by atoms with van der Waals surface area (Å²) in [4.78, 5) is 12.3. The lowest BCUT2D eigenvalue weighted by Gasteiger charge is -2.19. The van der Waals surface area contributed by atoms with Crippen LogP contribution in [0.4, 0.5) is 0 Å². The Balaban J connectivity index is 1.93. The van der Waals surface area contributed by atoms with Crippen LogP contribution in [0, 0.1) is 6.92 Å². The number of carbonyl (C=O) groups is 1. The molecule has 100 valence electrons. The highest BCUT2D eigenvalue weighted by Crippen LogP contribution is 2.26. The van der Waals surface area contributed by atoms with Crippen molar-refractivity contribution in [1.82, 2.24) is 0 Å². The maximum atomic E-state index is 12.3. The summed E-state index contributed by atoms with van der Waals surface area (Å²) >= 11 is 0. The van der Waals surface area contributed by atoms with Gasteiger partial charge in [0.2, 0.25) is 0 Å². The van der Waals surface area contributed by atoms with Gasteiger partial charge in [0.05, 0.1) is 6.61 Å². The van der Waals surface area contributed by atoms with Crippen LogP contribution in [0.3, 0.4) is 0 Å². The summed E-state index contributed by atoms with van der Waals surface area (Å²) in [5.41, 5.74) is 4.10. The van der Waals surface area contributed by atoms with Crippen molar-refractivity contribution in [2.45, 2.75) is 13.3 Å². The number of rotatable bonds is 2. The number of ketones is 1. The maximum absolute atomic E-state index is 12.3. The second-order valence-corrected chi connectivity index (χ2v) is 4.99. The van der Waals surface area contributed by atoms with Gasteiger partial charge in [0.1, 0.15) is 5.76 Å². The average molecular weight is 264 g/mol. The van der Waals surface area contributed by atoms with Crippen molar-refractivity contribution in [3.05, 3.63) is 76.9 Å². The van der Waals surface area contributed by atoms with Gasteiger partial charge in [0, 0.05) is 23.6 Å². The number of benzene rings is 2. The van der Waals surface area contributed by atoms with E-state index in [1.54, 1.807) is 6.08 Å². The number of ether oxygens (including phenoxy) is 1. The van der Waals surface area contributed by atoms with Crippen LogP contribution in [0.15, 0.2) is 54.6 Å². The second kappa shape index (κ2) is 5.33. The molecule has 0 fully saturated rings. The molecule has 0 atom stereocenters. The molecule has 1 heterocycles. The zero-order chi connectivity index (χ0) is 13.9. The lowest BCUT2D eigenvalue weighted by atomic mass is 9.99. The number of hydrogen-bond acceptors (Lipinski definition) is 2. The molecule has 0 radical (unpaired) electrons. The Morgan fingerprint density at radius 1 is 1.10 bits per heavy atom. The van der Waals surface area contributed by atoms with E-state index in [4.69, 9.17) is 4.74 Å². The van der Waals surface area contributed by atoms with Crippen molar-refractivity contribution in [3.63, 3.8) is 0 Å². The highest BCUT2D eigenvalue weighted by Gasteiger charge is 2.16. The van der Waals surface area contributed by atoms with Crippen molar-refractivity contribution < 1.29 is 9.53 Å². The molecule has 0 saturated heterocycles. The third kappa shape index (κ3) is 2.50. The predicted molar refractivity (Wildman–Crippen MR) is 79.6 cm³/mol. The average Bonchev–Trinajstić information content (AvgIpc) is 2.48. The normalized spacial score (nSPS) is 15.6. The van der Waals surface area contributed by atoms with Crippen LogP contribution >= 0.6 is 0 Å². The van der Waals surface area contributed by atoms with E-state index in [1.807, 2.05) is 49.4 Å². The van der Waals surface area contributed by atoms with E-state index >= 15 is 0 Å². The molecule has 2 heteroatoms. The lowest BCUT2D eigenvalue weighted by molar-refractivity contribution is 0.104. The highest BCUT2D eigenvalue weighted by molar-refractivity contribution is 6.08. The number of carbonyl (C=O) groups excluding carboxylic acids is 1. The van der Waals surface area contributed by atoms with Crippen LogP contribution in [0.1, 0.15) is 27.0 Å². The minimum atomic E-state index is -0.0169. The number of allylic oxidation sites excluding steroid dienone is 1. The van der Waals surface area contributed by atoms with Crippen LogP contribution in [0.25, 0.3) is 5.76 Å². The fourth-order valence-electron chi connectivity index (χ4n) is 2.37. The molecular formula is C18H16O2. The number of fused-ring (bicyclic) bond motifs is 1. The fourth-order valence-corrected chi connectivity index (χ4v) is 2.37. The molecule has 2 nitrogen and oxygen atoms in total. The minimum absolute atomic E-state index is 0.0169. The number of aryl methyl sites for hydroxylation is 1. The molecule has 0 N–H and O–H groups in total. The molecule has 2 aromatic carbocycles. The standard InChI is InChI=1S/C18H16O2/c1-13-6-8-15(9-7-13)17(19)12-18-16-5-3-2-4-14(16)10-11-20-18/h2-9,12H,10-11H2,1H3/b18-12-. The van der Waals surface area contributed by atoms with Gasteiger partial charge in [-0.1, -0.05) is 54.1 Å². The molecule has 0 saturated carbocycles. The molecule has 3 rings (SSSR count). The summed E-state index contributed by atoms with van der Waals surface area (Å²) in [5, 5.41) is 0. The topological polar surface area (TPSA) is 26.3 Å². The van der Waals surface area contributed by atoms with E-state index < -0.39 is 0 Å². The number of hydrogen-bond donors (Lipinski definition) is 0. The highest BCUT2D eigenvalue weighted by atomic mass is 16.5. The molecule has 1 aliphatic rings. The summed E-state index contributed by atoms with van der Waals surface area (Å²) < 4.78 is 5.66. The van der Waals surface area contributed by atoms with Gasteiger partial charge in [-0.3, -0.25) is 4.79 Å². The maximum Gasteiger partial charge on any atom is 0.189 e. The summed E-state index contributed by atoms with van der Waals surface area (Å²) in [5.74, 6) is 0.661. The van der Waals surface area contributed by atoms with Gasteiger partial charge in [-0.25, -0.2) is 0 Å². The summed E-state index contributed by atoms with van der Waals surface area (Å²) in [6.07, 6.45) is 2.49. The van der Waals surface area contributed by atoms with Gasteiger partial charge in [-0.15, -0.1) is 0 Å². The molecule has 0 bridgehead atoms. The van der Waals surface area contributed by atoms with Gasteiger partial charge in [-0.05, 0) is 12.5 Å². The smallest absolute Gasteiger partial charge is 0.189 e. The molecule has 20 heavy (non-hydrogen) atoms. The Hall–Kier alpha value is -2.35.